The van der Waals surface area contributed by atoms with Crippen LogP contribution < -0.4 is 4.72 Å². The maximum absolute atomic E-state index is 13.5. The molecule has 6 nitrogen and oxygen atoms in total. The number of rotatable bonds is 4. The summed E-state index contributed by atoms with van der Waals surface area (Å²) >= 11 is 0. The number of hydrogen-bond acceptors (Lipinski definition) is 4. The Morgan fingerprint density at radius 3 is 2.23 bits per heavy atom. The molecule has 30 heavy (non-hydrogen) atoms. The molecule has 4 rings (SSSR count). The van der Waals surface area contributed by atoms with Crippen LogP contribution in [-0.4, -0.2) is 30.7 Å². The van der Waals surface area contributed by atoms with Crippen LogP contribution in [0.3, 0.4) is 0 Å². The Bertz CT molecular complexity index is 1040. The van der Waals surface area contributed by atoms with E-state index in [2.05, 4.69) is 4.72 Å². The number of guanidine groups is 1. The molecule has 1 aliphatic carbocycles. The molecule has 2 aromatic rings. The predicted molar refractivity (Wildman–Crippen MR) is 116 cm³/mol. The van der Waals surface area contributed by atoms with Gasteiger partial charge in [-0.25, -0.2) is 18.1 Å². The van der Waals surface area contributed by atoms with E-state index in [1.54, 1.807) is 24.3 Å². The van der Waals surface area contributed by atoms with Crippen molar-refractivity contribution in [1.29, 1.82) is 0 Å². The standard InChI is InChI=1S/C23H27N3O3S/c1-18-11-13-20(14-12-18)30(28,29)25-22-24-23(15-7-2-3-8-16-23)21(27)26(22)17-19-9-5-4-6-10-19/h4-6,9-14H,2-3,7-8,15-17H2,1H3,(H,24,25). The monoisotopic (exact) mass is 425 g/mol. The molecule has 2 aliphatic rings. The van der Waals surface area contributed by atoms with Crippen LogP contribution in [0, 0.1) is 6.92 Å². The topological polar surface area (TPSA) is 78.8 Å². The van der Waals surface area contributed by atoms with Gasteiger partial charge >= 0.3 is 0 Å². The molecule has 7 heteroatoms. The van der Waals surface area contributed by atoms with E-state index >= 15 is 0 Å². The molecular weight excluding hydrogens is 398 g/mol. The van der Waals surface area contributed by atoms with Gasteiger partial charge in [0.1, 0.15) is 5.54 Å². The average Bonchev–Trinajstić information content (AvgIpc) is 2.89. The second kappa shape index (κ2) is 8.22. The number of amides is 1. The molecule has 1 heterocycles. The van der Waals surface area contributed by atoms with E-state index < -0.39 is 15.6 Å². The lowest BCUT2D eigenvalue weighted by molar-refractivity contribution is -0.132. The molecule has 1 aliphatic heterocycles. The fraction of sp³-hybridized carbons (Fsp3) is 0.391. The molecule has 1 N–H and O–H groups in total. The van der Waals surface area contributed by atoms with Gasteiger partial charge in [0.2, 0.25) is 5.96 Å². The van der Waals surface area contributed by atoms with Gasteiger partial charge in [-0.2, -0.15) is 0 Å². The van der Waals surface area contributed by atoms with Crippen LogP contribution in [0.5, 0.6) is 0 Å². The first-order chi connectivity index (χ1) is 14.4. The van der Waals surface area contributed by atoms with E-state index in [9.17, 15) is 13.2 Å². The highest BCUT2D eigenvalue weighted by atomic mass is 32.2. The zero-order valence-electron chi connectivity index (χ0n) is 17.2. The van der Waals surface area contributed by atoms with Crippen LogP contribution in [0.4, 0.5) is 0 Å². The Balaban J connectivity index is 1.68. The van der Waals surface area contributed by atoms with E-state index in [1.807, 2.05) is 37.3 Å². The van der Waals surface area contributed by atoms with Gasteiger partial charge in [-0.05, 0) is 37.5 Å². The zero-order valence-corrected chi connectivity index (χ0v) is 18.0. The van der Waals surface area contributed by atoms with Crippen molar-refractivity contribution in [2.24, 2.45) is 4.99 Å². The first-order valence-electron chi connectivity index (χ1n) is 10.4. The maximum Gasteiger partial charge on any atom is 0.264 e. The van der Waals surface area contributed by atoms with Crippen molar-refractivity contribution < 1.29 is 13.2 Å². The average molecular weight is 426 g/mol. The molecule has 1 fully saturated rings. The summed E-state index contributed by atoms with van der Waals surface area (Å²) in [5, 5.41) is 0. The number of nitrogens with zero attached hydrogens (tertiary/aromatic N) is 2. The summed E-state index contributed by atoms with van der Waals surface area (Å²) in [6.45, 7) is 2.19. The number of carbonyl (C=O) groups excluding carboxylic acids is 1. The van der Waals surface area contributed by atoms with Crippen LogP contribution >= 0.6 is 0 Å². The number of nitrogens with one attached hydrogen (secondary N) is 1. The van der Waals surface area contributed by atoms with Crippen LogP contribution in [0.2, 0.25) is 0 Å². The lowest BCUT2D eigenvalue weighted by atomic mass is 9.90. The molecule has 2 aromatic carbocycles. The van der Waals surface area contributed by atoms with Gasteiger partial charge < -0.3 is 0 Å². The summed E-state index contributed by atoms with van der Waals surface area (Å²) in [5.41, 5.74) is 1.06. The molecular formula is C23H27N3O3S. The molecule has 0 bridgehead atoms. The molecule has 0 unspecified atom stereocenters. The van der Waals surface area contributed by atoms with Crippen LogP contribution in [0.25, 0.3) is 0 Å². The van der Waals surface area contributed by atoms with Crippen molar-refractivity contribution in [2.75, 3.05) is 0 Å². The predicted octanol–water partition coefficient (Wildman–Crippen LogP) is 3.76. The Morgan fingerprint density at radius 2 is 1.60 bits per heavy atom. The number of hydrogen-bond donors (Lipinski definition) is 1. The number of aliphatic imine (C=N–C) groups is 1. The van der Waals surface area contributed by atoms with Crippen LogP contribution in [-0.2, 0) is 21.4 Å². The highest BCUT2D eigenvalue weighted by Gasteiger charge is 2.48. The van der Waals surface area contributed by atoms with Crippen LogP contribution in [0.15, 0.2) is 64.5 Å². The Labute approximate surface area is 178 Å². The normalized spacial score (nSPS) is 18.9. The van der Waals surface area contributed by atoms with Crippen molar-refractivity contribution in [3.05, 3.63) is 65.7 Å². The Hall–Kier alpha value is -2.67. The minimum atomic E-state index is -3.85. The van der Waals surface area contributed by atoms with Crippen molar-refractivity contribution >= 4 is 21.9 Å². The molecule has 0 atom stereocenters. The second-order valence-electron chi connectivity index (χ2n) is 8.18. The van der Waals surface area contributed by atoms with Gasteiger partial charge in [0.25, 0.3) is 15.9 Å². The highest BCUT2D eigenvalue weighted by Crippen LogP contribution is 2.37. The molecule has 158 valence electrons. The van der Waals surface area contributed by atoms with Crippen molar-refractivity contribution in [2.45, 2.75) is 62.4 Å². The summed E-state index contributed by atoms with van der Waals surface area (Å²) in [5.74, 6) is 0.0289. The molecule has 0 saturated heterocycles. The van der Waals surface area contributed by atoms with Gasteiger partial charge in [0.15, 0.2) is 0 Å². The van der Waals surface area contributed by atoms with Gasteiger partial charge in [-0.1, -0.05) is 73.7 Å². The molecule has 0 radical (unpaired) electrons. The number of carbonyl (C=O) groups is 1. The minimum absolute atomic E-state index is 0.102. The fourth-order valence-electron chi connectivity index (χ4n) is 4.18. The van der Waals surface area contributed by atoms with Gasteiger partial charge in [0.05, 0.1) is 11.4 Å². The lowest BCUT2D eigenvalue weighted by Gasteiger charge is -2.25. The smallest absolute Gasteiger partial charge is 0.264 e. The minimum Gasteiger partial charge on any atom is -0.275 e. The maximum atomic E-state index is 13.5. The van der Waals surface area contributed by atoms with E-state index in [0.717, 1.165) is 36.8 Å². The Morgan fingerprint density at radius 1 is 0.967 bits per heavy atom. The Kier molecular flexibility index (Phi) is 5.64. The largest absolute Gasteiger partial charge is 0.275 e. The van der Waals surface area contributed by atoms with Gasteiger partial charge in [-0.3, -0.25) is 9.69 Å². The first kappa shape index (κ1) is 20.6. The summed E-state index contributed by atoms with van der Waals surface area (Å²) in [6, 6.07) is 16.2. The number of sulfonamides is 1. The van der Waals surface area contributed by atoms with E-state index in [4.69, 9.17) is 4.99 Å². The SMILES string of the molecule is Cc1ccc(S(=O)(=O)NC2=NC3(CCCCCC3)C(=O)N2Cc2ccccc2)cc1. The fourth-order valence-corrected chi connectivity index (χ4v) is 5.19. The van der Waals surface area contributed by atoms with E-state index in [1.165, 1.54) is 4.90 Å². The molecule has 1 amide bonds. The van der Waals surface area contributed by atoms with Crippen molar-refractivity contribution in [1.82, 2.24) is 9.62 Å². The highest BCUT2D eigenvalue weighted by molar-refractivity contribution is 7.90. The summed E-state index contributed by atoms with van der Waals surface area (Å²) in [4.78, 5) is 19.9. The quantitative estimate of drug-likeness (QED) is 0.810. The van der Waals surface area contributed by atoms with Crippen molar-refractivity contribution in [3.63, 3.8) is 0 Å². The summed E-state index contributed by atoms with van der Waals surface area (Å²) in [7, 11) is -3.85. The summed E-state index contributed by atoms with van der Waals surface area (Å²) in [6.07, 6.45) is 5.32. The third-order valence-electron chi connectivity index (χ3n) is 5.89. The zero-order chi connectivity index (χ0) is 21.2. The van der Waals surface area contributed by atoms with E-state index in [-0.39, 0.29) is 23.3 Å². The van der Waals surface area contributed by atoms with Crippen molar-refractivity contribution in [3.8, 4) is 0 Å². The van der Waals surface area contributed by atoms with Gasteiger partial charge in [0, 0.05) is 0 Å². The lowest BCUT2D eigenvalue weighted by Crippen LogP contribution is -2.46. The second-order valence-corrected chi connectivity index (χ2v) is 9.86. The van der Waals surface area contributed by atoms with Gasteiger partial charge in [-0.15, -0.1) is 0 Å². The number of aryl methyl sites for hydroxylation is 1. The number of benzene rings is 2. The third kappa shape index (κ3) is 4.12. The first-order valence-corrected chi connectivity index (χ1v) is 11.9. The molecule has 1 saturated carbocycles. The molecule has 0 aromatic heterocycles. The third-order valence-corrected chi connectivity index (χ3v) is 7.23. The molecule has 1 spiro atoms. The van der Waals surface area contributed by atoms with Crippen LogP contribution in [0.1, 0.15) is 49.7 Å². The van der Waals surface area contributed by atoms with E-state index in [0.29, 0.717) is 12.8 Å². The summed E-state index contributed by atoms with van der Waals surface area (Å²) < 4.78 is 28.6.